The number of rotatable bonds is 2. The Balaban J connectivity index is 0. The molecule has 0 aromatic heterocycles. The molecule has 0 aliphatic heterocycles. The summed E-state index contributed by atoms with van der Waals surface area (Å²) in [6.07, 6.45) is -0.681. The second-order valence-electron chi connectivity index (χ2n) is 1.74. The zero-order valence-electron chi connectivity index (χ0n) is 6.70. The van der Waals surface area contributed by atoms with Crippen molar-refractivity contribution in [1.82, 2.24) is 0 Å². The van der Waals surface area contributed by atoms with Gasteiger partial charge in [0.2, 0.25) is 0 Å². The van der Waals surface area contributed by atoms with Crippen LogP contribution in [0.15, 0.2) is 0 Å². The van der Waals surface area contributed by atoms with Crippen molar-refractivity contribution in [2.75, 3.05) is 7.11 Å². The van der Waals surface area contributed by atoms with E-state index in [1.54, 1.807) is 0 Å². The maximum Gasteiger partial charge on any atom is 0.332 e. The third-order valence-corrected chi connectivity index (χ3v) is 0.701. The van der Waals surface area contributed by atoms with Crippen LogP contribution in [0.4, 0.5) is 0 Å². The maximum atomic E-state index is 9.81. The van der Waals surface area contributed by atoms with Crippen molar-refractivity contribution >= 4 is 11.9 Å². The minimum atomic E-state index is -0.928. The van der Waals surface area contributed by atoms with Crippen LogP contribution in [-0.4, -0.2) is 35.4 Å². The Morgan fingerprint density at radius 3 is 1.64 bits per heavy atom. The highest BCUT2D eigenvalue weighted by molar-refractivity contribution is 5.71. The predicted octanol–water partition coefficient (Wildman–Crippen LogP) is 0.197. The summed E-state index contributed by atoms with van der Waals surface area (Å²) >= 11 is 0. The first-order valence-corrected chi connectivity index (χ1v) is 2.87. The highest BCUT2D eigenvalue weighted by atomic mass is 16.5. The topological polar surface area (TPSA) is 83.8 Å². The van der Waals surface area contributed by atoms with Gasteiger partial charge in [0, 0.05) is 14.0 Å². The number of hydrogen-bond donors (Lipinski definition) is 2. The van der Waals surface area contributed by atoms with E-state index in [4.69, 9.17) is 15.0 Å². The molecule has 0 aliphatic carbocycles. The van der Waals surface area contributed by atoms with E-state index in [9.17, 15) is 4.79 Å². The molecule has 0 amide bonds. The molecule has 0 rings (SSSR count). The van der Waals surface area contributed by atoms with Gasteiger partial charge in [0.25, 0.3) is 5.97 Å². The van der Waals surface area contributed by atoms with Gasteiger partial charge in [0.15, 0.2) is 6.10 Å². The van der Waals surface area contributed by atoms with Crippen molar-refractivity contribution in [2.24, 2.45) is 0 Å². The van der Waals surface area contributed by atoms with Crippen molar-refractivity contribution in [3.05, 3.63) is 0 Å². The number of carbonyl (C=O) groups is 2. The van der Waals surface area contributed by atoms with E-state index < -0.39 is 18.0 Å². The van der Waals surface area contributed by atoms with E-state index in [0.29, 0.717) is 0 Å². The molecule has 0 bridgehead atoms. The van der Waals surface area contributed by atoms with Crippen LogP contribution in [0.2, 0.25) is 0 Å². The molecule has 1 unspecified atom stereocenters. The summed E-state index contributed by atoms with van der Waals surface area (Å²) in [5.41, 5.74) is 0. The molecule has 0 aromatic carbocycles. The molecular formula is C6H12O5. The lowest BCUT2D eigenvalue weighted by Gasteiger charge is -1.98. The van der Waals surface area contributed by atoms with E-state index >= 15 is 0 Å². The number of carboxylic acid groups (broad SMARTS) is 2. The van der Waals surface area contributed by atoms with E-state index in [1.165, 1.54) is 14.0 Å². The van der Waals surface area contributed by atoms with E-state index in [2.05, 4.69) is 4.74 Å². The van der Waals surface area contributed by atoms with Gasteiger partial charge in [0.05, 0.1) is 0 Å². The third-order valence-electron chi connectivity index (χ3n) is 0.701. The van der Waals surface area contributed by atoms with Crippen LogP contribution in [0.3, 0.4) is 0 Å². The molecule has 1 atom stereocenters. The summed E-state index contributed by atoms with van der Waals surface area (Å²) in [4.78, 5) is 18.8. The molecule has 11 heavy (non-hydrogen) atoms. The smallest absolute Gasteiger partial charge is 0.332 e. The largest absolute Gasteiger partial charge is 0.481 e. The van der Waals surface area contributed by atoms with Crippen LogP contribution in [0, 0.1) is 0 Å². The van der Waals surface area contributed by atoms with Gasteiger partial charge < -0.3 is 14.9 Å². The Morgan fingerprint density at radius 2 is 1.64 bits per heavy atom. The van der Waals surface area contributed by atoms with Gasteiger partial charge in [-0.3, -0.25) is 4.79 Å². The van der Waals surface area contributed by atoms with Crippen molar-refractivity contribution in [3.8, 4) is 0 Å². The summed E-state index contributed by atoms with van der Waals surface area (Å²) in [5.74, 6) is -1.76. The van der Waals surface area contributed by atoms with Crippen LogP contribution in [0.5, 0.6) is 0 Å². The minimum absolute atomic E-state index is 0.681. The van der Waals surface area contributed by atoms with E-state index in [-0.39, 0.29) is 0 Å². The average molecular weight is 164 g/mol. The van der Waals surface area contributed by atoms with Crippen LogP contribution in [-0.2, 0) is 14.3 Å². The molecular weight excluding hydrogens is 152 g/mol. The molecule has 0 aromatic rings. The van der Waals surface area contributed by atoms with Crippen molar-refractivity contribution in [2.45, 2.75) is 20.0 Å². The Kier molecular flexibility index (Phi) is 8.01. The number of ether oxygens (including phenoxy) is 1. The molecule has 5 nitrogen and oxygen atoms in total. The van der Waals surface area contributed by atoms with Gasteiger partial charge in [-0.2, -0.15) is 0 Å². The molecule has 0 heterocycles. The molecule has 0 spiro atoms. The van der Waals surface area contributed by atoms with Crippen molar-refractivity contribution < 1.29 is 24.5 Å². The number of hydrogen-bond acceptors (Lipinski definition) is 3. The van der Waals surface area contributed by atoms with E-state index in [0.717, 1.165) is 6.92 Å². The lowest BCUT2D eigenvalue weighted by Crippen LogP contribution is -2.17. The zero-order valence-corrected chi connectivity index (χ0v) is 6.70. The summed E-state index contributed by atoms with van der Waals surface area (Å²) < 4.78 is 4.41. The number of aliphatic carboxylic acids is 2. The summed E-state index contributed by atoms with van der Waals surface area (Å²) in [6.45, 7) is 2.56. The first kappa shape index (κ1) is 12.6. The average Bonchev–Trinajstić information content (AvgIpc) is 1.85. The first-order valence-electron chi connectivity index (χ1n) is 2.87. The molecule has 66 valence electrons. The Bertz CT molecular complexity index is 127. The fourth-order valence-corrected chi connectivity index (χ4v) is 0.101. The number of methoxy groups -OCH3 is 1. The summed E-state index contributed by atoms with van der Waals surface area (Å²) in [5, 5.41) is 15.5. The lowest BCUT2D eigenvalue weighted by atomic mass is 10.4. The van der Waals surface area contributed by atoms with Crippen molar-refractivity contribution in [1.29, 1.82) is 0 Å². The van der Waals surface area contributed by atoms with Gasteiger partial charge in [-0.25, -0.2) is 4.79 Å². The van der Waals surface area contributed by atoms with Crippen LogP contribution < -0.4 is 0 Å². The van der Waals surface area contributed by atoms with Gasteiger partial charge >= 0.3 is 5.97 Å². The highest BCUT2D eigenvalue weighted by Crippen LogP contribution is 1.83. The fourth-order valence-electron chi connectivity index (χ4n) is 0.101. The monoisotopic (exact) mass is 164 g/mol. The van der Waals surface area contributed by atoms with Gasteiger partial charge in [-0.1, -0.05) is 0 Å². The standard InChI is InChI=1S/C4H8O3.C2H4O2/c1-3(7-2)4(5)6;1-2(3)4/h3H,1-2H3,(H,5,6);1H3,(H,3,4). The highest BCUT2D eigenvalue weighted by Gasteiger charge is 2.06. The van der Waals surface area contributed by atoms with Crippen LogP contribution in [0.1, 0.15) is 13.8 Å². The molecule has 0 fully saturated rings. The SMILES string of the molecule is CC(=O)O.COC(C)C(=O)O. The van der Waals surface area contributed by atoms with Gasteiger partial charge in [-0.05, 0) is 6.92 Å². The summed E-state index contributed by atoms with van der Waals surface area (Å²) in [7, 11) is 1.36. The second kappa shape index (κ2) is 7.01. The quantitative estimate of drug-likeness (QED) is 0.608. The minimum Gasteiger partial charge on any atom is -0.481 e. The molecule has 0 aliphatic rings. The molecule has 0 radical (unpaired) electrons. The lowest BCUT2D eigenvalue weighted by molar-refractivity contribution is -0.147. The first-order chi connectivity index (χ1) is 4.91. The van der Waals surface area contributed by atoms with Crippen molar-refractivity contribution in [3.63, 3.8) is 0 Å². The fraction of sp³-hybridized carbons (Fsp3) is 0.667. The van der Waals surface area contributed by atoms with Crippen LogP contribution in [0.25, 0.3) is 0 Å². The Morgan fingerprint density at radius 1 is 1.36 bits per heavy atom. The predicted molar refractivity (Wildman–Crippen MR) is 37.4 cm³/mol. The van der Waals surface area contributed by atoms with Gasteiger partial charge in [-0.15, -0.1) is 0 Å². The molecule has 0 saturated carbocycles. The maximum absolute atomic E-state index is 9.81. The van der Waals surface area contributed by atoms with Crippen LogP contribution >= 0.6 is 0 Å². The zero-order chi connectivity index (χ0) is 9.44. The third kappa shape index (κ3) is 17.6. The second-order valence-corrected chi connectivity index (χ2v) is 1.74. The molecule has 2 N–H and O–H groups in total. The molecule has 5 heteroatoms. The summed E-state index contributed by atoms with van der Waals surface area (Å²) in [6, 6.07) is 0. The number of carboxylic acids is 2. The normalized spacial score (nSPS) is 10.8. The Hall–Kier alpha value is -1.10. The Labute approximate surface area is 64.6 Å². The van der Waals surface area contributed by atoms with Gasteiger partial charge in [0.1, 0.15) is 0 Å². The van der Waals surface area contributed by atoms with E-state index in [1.807, 2.05) is 0 Å². The molecule has 0 saturated heterocycles.